The number of amides is 1. The summed E-state index contributed by atoms with van der Waals surface area (Å²) in [4.78, 5) is 13.0. The van der Waals surface area contributed by atoms with Gasteiger partial charge in [0.2, 0.25) is 15.9 Å². The fourth-order valence-corrected chi connectivity index (χ4v) is 6.39. The minimum atomic E-state index is -3.50. The standard InChI is InChI=1S/C20H29N3O3S/c24-19(17-14-20(17)8-10-21-11-9-20)22-15-16-6-2-3-7-18(16)27(25,26)23-12-4-1-5-13-23/h2-3,6-7,17,21H,1,4-5,8-15H2,(H,22,24). The van der Waals surface area contributed by atoms with E-state index in [0.717, 1.165) is 51.6 Å². The lowest BCUT2D eigenvalue weighted by molar-refractivity contribution is -0.123. The number of nitrogens with zero attached hydrogens (tertiary/aromatic N) is 1. The molecule has 1 unspecified atom stereocenters. The summed E-state index contributed by atoms with van der Waals surface area (Å²) < 4.78 is 27.7. The van der Waals surface area contributed by atoms with Crippen LogP contribution in [-0.2, 0) is 21.4 Å². The van der Waals surface area contributed by atoms with E-state index < -0.39 is 10.0 Å². The van der Waals surface area contributed by atoms with Crippen LogP contribution in [0, 0.1) is 11.3 Å². The number of carbonyl (C=O) groups excluding carboxylic acids is 1. The summed E-state index contributed by atoms with van der Waals surface area (Å²) in [5.41, 5.74) is 0.866. The SMILES string of the molecule is O=C(NCc1ccccc1S(=O)(=O)N1CCCCC1)C1CC12CCNCC2. The summed E-state index contributed by atoms with van der Waals surface area (Å²) in [6, 6.07) is 7.07. The van der Waals surface area contributed by atoms with Crippen LogP contribution in [0.3, 0.4) is 0 Å². The molecule has 1 aliphatic carbocycles. The molecule has 1 amide bonds. The van der Waals surface area contributed by atoms with Crippen molar-refractivity contribution in [2.45, 2.75) is 50.0 Å². The lowest BCUT2D eigenvalue weighted by Crippen LogP contribution is -2.36. The van der Waals surface area contributed by atoms with Crippen molar-refractivity contribution in [2.24, 2.45) is 11.3 Å². The first-order valence-corrected chi connectivity index (χ1v) is 11.5. The number of benzene rings is 1. The van der Waals surface area contributed by atoms with Crippen molar-refractivity contribution in [1.29, 1.82) is 0 Å². The van der Waals surface area contributed by atoms with Gasteiger partial charge in [-0.2, -0.15) is 4.31 Å². The highest BCUT2D eigenvalue weighted by Gasteiger charge is 2.57. The first-order valence-electron chi connectivity index (χ1n) is 10.1. The Morgan fingerprint density at radius 3 is 2.59 bits per heavy atom. The first kappa shape index (κ1) is 18.9. The van der Waals surface area contributed by atoms with Crippen LogP contribution in [0.1, 0.15) is 44.1 Å². The van der Waals surface area contributed by atoms with E-state index in [1.165, 1.54) is 0 Å². The van der Waals surface area contributed by atoms with Crippen molar-refractivity contribution in [3.63, 3.8) is 0 Å². The highest BCUT2D eigenvalue weighted by molar-refractivity contribution is 7.89. The molecular weight excluding hydrogens is 362 g/mol. The Bertz CT molecular complexity index is 796. The van der Waals surface area contributed by atoms with Crippen LogP contribution >= 0.6 is 0 Å². The number of rotatable bonds is 5. The van der Waals surface area contributed by atoms with Crippen LogP contribution in [0.2, 0.25) is 0 Å². The Morgan fingerprint density at radius 1 is 1.15 bits per heavy atom. The number of nitrogens with one attached hydrogen (secondary N) is 2. The number of hydrogen-bond donors (Lipinski definition) is 2. The Balaban J connectivity index is 1.43. The molecule has 1 aromatic rings. The molecule has 1 aromatic carbocycles. The third-order valence-electron chi connectivity index (χ3n) is 6.46. The van der Waals surface area contributed by atoms with Gasteiger partial charge in [-0.3, -0.25) is 4.79 Å². The van der Waals surface area contributed by atoms with Gasteiger partial charge in [0, 0.05) is 25.6 Å². The molecule has 3 aliphatic rings. The Kier molecular flexibility index (Phi) is 5.27. The molecule has 2 saturated heterocycles. The topological polar surface area (TPSA) is 78.5 Å². The van der Waals surface area contributed by atoms with Crippen LogP contribution in [0.5, 0.6) is 0 Å². The van der Waals surface area contributed by atoms with Gasteiger partial charge in [0.15, 0.2) is 0 Å². The largest absolute Gasteiger partial charge is 0.352 e. The number of piperidine rings is 2. The summed E-state index contributed by atoms with van der Waals surface area (Å²) in [6.45, 7) is 3.41. The average Bonchev–Trinajstić information content (AvgIpc) is 3.40. The molecule has 4 rings (SSSR count). The molecule has 27 heavy (non-hydrogen) atoms. The summed E-state index contributed by atoms with van der Waals surface area (Å²) in [7, 11) is -3.50. The van der Waals surface area contributed by atoms with Gasteiger partial charge in [-0.15, -0.1) is 0 Å². The van der Waals surface area contributed by atoms with Crippen molar-refractivity contribution in [3.8, 4) is 0 Å². The molecule has 7 heteroatoms. The van der Waals surface area contributed by atoms with Crippen LogP contribution < -0.4 is 10.6 Å². The van der Waals surface area contributed by atoms with Crippen molar-refractivity contribution >= 4 is 15.9 Å². The van der Waals surface area contributed by atoms with Crippen molar-refractivity contribution in [2.75, 3.05) is 26.2 Å². The monoisotopic (exact) mass is 391 g/mol. The quantitative estimate of drug-likeness (QED) is 0.803. The predicted molar refractivity (Wildman–Crippen MR) is 104 cm³/mol. The second-order valence-electron chi connectivity index (χ2n) is 8.16. The van der Waals surface area contributed by atoms with E-state index in [-0.39, 0.29) is 23.8 Å². The first-order chi connectivity index (χ1) is 13.0. The number of sulfonamides is 1. The lowest BCUT2D eigenvalue weighted by atomic mass is 9.92. The van der Waals surface area contributed by atoms with E-state index in [0.29, 0.717) is 23.5 Å². The molecule has 0 bridgehead atoms. The lowest BCUT2D eigenvalue weighted by Gasteiger charge is -2.27. The van der Waals surface area contributed by atoms with Crippen LogP contribution in [0.15, 0.2) is 29.2 Å². The molecule has 2 aliphatic heterocycles. The van der Waals surface area contributed by atoms with Crippen LogP contribution in [0.4, 0.5) is 0 Å². The molecule has 1 atom stereocenters. The Labute approximate surface area is 161 Å². The molecule has 0 aromatic heterocycles. The molecule has 2 N–H and O–H groups in total. The van der Waals surface area contributed by atoms with E-state index in [4.69, 9.17) is 0 Å². The molecule has 3 fully saturated rings. The second-order valence-corrected chi connectivity index (χ2v) is 10.1. The third kappa shape index (κ3) is 3.77. The number of hydrogen-bond acceptors (Lipinski definition) is 4. The van der Waals surface area contributed by atoms with E-state index >= 15 is 0 Å². The minimum absolute atomic E-state index is 0.0714. The normalized spacial score (nSPS) is 25.3. The van der Waals surface area contributed by atoms with Gasteiger partial charge in [-0.1, -0.05) is 24.6 Å². The smallest absolute Gasteiger partial charge is 0.243 e. The maximum Gasteiger partial charge on any atom is 0.243 e. The van der Waals surface area contributed by atoms with E-state index in [2.05, 4.69) is 10.6 Å². The van der Waals surface area contributed by atoms with Gasteiger partial charge in [0.05, 0.1) is 4.90 Å². The fourth-order valence-electron chi connectivity index (χ4n) is 4.65. The van der Waals surface area contributed by atoms with Gasteiger partial charge in [-0.05, 0) is 62.2 Å². The van der Waals surface area contributed by atoms with Crippen LogP contribution in [0.25, 0.3) is 0 Å². The fraction of sp³-hybridized carbons (Fsp3) is 0.650. The van der Waals surface area contributed by atoms with Gasteiger partial charge >= 0.3 is 0 Å². The summed E-state index contributed by atoms with van der Waals surface area (Å²) >= 11 is 0. The molecular formula is C20H29N3O3S. The number of carbonyl (C=O) groups is 1. The van der Waals surface area contributed by atoms with Gasteiger partial charge in [-0.25, -0.2) is 8.42 Å². The predicted octanol–water partition coefficient (Wildman–Crippen LogP) is 1.87. The maximum absolute atomic E-state index is 13.0. The molecule has 148 valence electrons. The van der Waals surface area contributed by atoms with Crippen molar-refractivity contribution in [1.82, 2.24) is 14.9 Å². The summed E-state index contributed by atoms with van der Waals surface area (Å²) in [5.74, 6) is 0.160. The highest BCUT2D eigenvalue weighted by Crippen LogP contribution is 2.58. The molecule has 1 spiro atoms. The molecule has 2 heterocycles. The maximum atomic E-state index is 13.0. The van der Waals surface area contributed by atoms with Crippen molar-refractivity contribution < 1.29 is 13.2 Å². The minimum Gasteiger partial charge on any atom is -0.352 e. The Morgan fingerprint density at radius 2 is 1.85 bits per heavy atom. The third-order valence-corrected chi connectivity index (χ3v) is 8.46. The van der Waals surface area contributed by atoms with Gasteiger partial charge in [0.25, 0.3) is 0 Å². The second kappa shape index (κ2) is 7.53. The van der Waals surface area contributed by atoms with Crippen LogP contribution in [-0.4, -0.2) is 44.8 Å². The zero-order valence-electron chi connectivity index (χ0n) is 15.7. The Hall–Kier alpha value is -1.44. The van der Waals surface area contributed by atoms with Gasteiger partial charge in [0.1, 0.15) is 0 Å². The molecule has 0 radical (unpaired) electrons. The van der Waals surface area contributed by atoms with Crippen molar-refractivity contribution in [3.05, 3.63) is 29.8 Å². The van der Waals surface area contributed by atoms with E-state index in [9.17, 15) is 13.2 Å². The summed E-state index contributed by atoms with van der Waals surface area (Å²) in [5, 5.41) is 6.36. The zero-order chi connectivity index (χ0) is 18.9. The van der Waals surface area contributed by atoms with E-state index in [1.807, 2.05) is 12.1 Å². The summed E-state index contributed by atoms with van der Waals surface area (Å²) in [6.07, 6.45) is 6.00. The average molecular weight is 392 g/mol. The molecule has 6 nitrogen and oxygen atoms in total. The molecule has 1 saturated carbocycles. The van der Waals surface area contributed by atoms with E-state index in [1.54, 1.807) is 16.4 Å². The highest BCUT2D eigenvalue weighted by atomic mass is 32.2. The van der Waals surface area contributed by atoms with Gasteiger partial charge < -0.3 is 10.6 Å². The zero-order valence-corrected chi connectivity index (χ0v) is 16.6.